The molecule has 2 aromatic heterocycles. The Balaban J connectivity index is 0.00000121. The van der Waals surface area contributed by atoms with Gasteiger partial charge in [-0.25, -0.2) is 0 Å². The van der Waals surface area contributed by atoms with Gasteiger partial charge in [-0.2, -0.15) is 0 Å². The van der Waals surface area contributed by atoms with Crippen LogP contribution in [-0.4, -0.2) is 9.38 Å². The molecular weight excluding hydrogens is 424 g/mol. The monoisotopic (exact) mass is 438 g/mol. The average molecular weight is 438 g/mol. The molecule has 0 aliphatic heterocycles. The Morgan fingerprint density at radius 2 is 1.90 bits per heavy atom. The van der Waals surface area contributed by atoms with E-state index in [9.17, 15) is 0 Å². The number of rotatable bonds is 0. The van der Waals surface area contributed by atoms with E-state index >= 15 is 0 Å². The van der Waals surface area contributed by atoms with Crippen LogP contribution in [0.3, 0.4) is 0 Å². The van der Waals surface area contributed by atoms with Crippen molar-refractivity contribution in [3.05, 3.63) is 59.9 Å². The second kappa shape index (κ2) is 4.69. The summed E-state index contributed by atoms with van der Waals surface area (Å²) in [6, 6.07) is 14.0. The minimum Gasteiger partial charge on any atom is -0.340 e. The van der Waals surface area contributed by atoms with Crippen LogP contribution in [-0.2, 0) is 20.1 Å². The Labute approximate surface area is 130 Å². The van der Waals surface area contributed by atoms with E-state index in [1.807, 2.05) is 24.5 Å². The van der Waals surface area contributed by atoms with Crippen molar-refractivity contribution in [1.29, 1.82) is 0 Å². The van der Waals surface area contributed by atoms with Crippen LogP contribution in [0, 0.1) is 19.9 Å². The molecule has 2 aromatic carbocycles. The molecule has 3 heteroatoms. The standard InChI is InChI=1S/C17H13N2.Ir/c1-11-9-15-13-5-3-4-6-14(13)17-18-7-8-19(17)16(15)10-12(11)2;/h3-5,7-10H,1-2H3;/q-1;. The van der Waals surface area contributed by atoms with E-state index < -0.39 is 0 Å². The zero-order chi connectivity index (χ0) is 13.0. The van der Waals surface area contributed by atoms with Gasteiger partial charge in [0.25, 0.3) is 0 Å². The van der Waals surface area contributed by atoms with E-state index in [0.29, 0.717) is 0 Å². The minimum atomic E-state index is 0. The molecule has 0 atom stereocenters. The van der Waals surface area contributed by atoms with Crippen LogP contribution in [0.5, 0.6) is 0 Å². The van der Waals surface area contributed by atoms with Crippen LogP contribution in [0.1, 0.15) is 11.1 Å². The maximum absolute atomic E-state index is 4.48. The van der Waals surface area contributed by atoms with E-state index in [-0.39, 0.29) is 20.1 Å². The van der Waals surface area contributed by atoms with Gasteiger partial charge in [0.2, 0.25) is 0 Å². The van der Waals surface area contributed by atoms with Gasteiger partial charge in [0.1, 0.15) is 0 Å². The normalized spacial score (nSPS) is 11.1. The van der Waals surface area contributed by atoms with Crippen molar-refractivity contribution < 1.29 is 20.1 Å². The summed E-state index contributed by atoms with van der Waals surface area (Å²) in [6.07, 6.45) is 3.87. The fourth-order valence-corrected chi connectivity index (χ4v) is 2.75. The number of aryl methyl sites for hydroxylation is 2. The van der Waals surface area contributed by atoms with Crippen LogP contribution in [0.2, 0.25) is 0 Å². The summed E-state index contributed by atoms with van der Waals surface area (Å²) >= 11 is 0. The summed E-state index contributed by atoms with van der Waals surface area (Å²) in [5.41, 5.74) is 4.81. The fourth-order valence-electron chi connectivity index (χ4n) is 2.75. The molecule has 0 unspecified atom stereocenters. The molecule has 0 bridgehead atoms. The van der Waals surface area contributed by atoms with Gasteiger partial charge in [-0.05, 0) is 36.4 Å². The summed E-state index contributed by atoms with van der Waals surface area (Å²) in [5, 5.41) is 3.57. The molecule has 0 amide bonds. The summed E-state index contributed by atoms with van der Waals surface area (Å²) in [4.78, 5) is 4.48. The van der Waals surface area contributed by atoms with Crippen molar-refractivity contribution in [3.63, 3.8) is 0 Å². The Morgan fingerprint density at radius 1 is 1.10 bits per heavy atom. The maximum atomic E-state index is 4.48. The van der Waals surface area contributed by atoms with E-state index in [2.05, 4.69) is 47.5 Å². The van der Waals surface area contributed by atoms with Crippen LogP contribution in [0.4, 0.5) is 0 Å². The SMILES string of the molecule is Cc1cc2c3ccc[c-]c3c3nccn3c2cc1C.[Ir]. The third-order valence-corrected chi connectivity index (χ3v) is 3.88. The molecule has 0 aliphatic rings. The van der Waals surface area contributed by atoms with Crippen molar-refractivity contribution in [2.75, 3.05) is 0 Å². The maximum Gasteiger partial charge on any atom is 0.0608 e. The quantitative estimate of drug-likeness (QED) is 0.300. The van der Waals surface area contributed by atoms with Crippen molar-refractivity contribution in [2.24, 2.45) is 0 Å². The molecule has 4 rings (SSSR count). The van der Waals surface area contributed by atoms with Crippen molar-refractivity contribution in [2.45, 2.75) is 13.8 Å². The van der Waals surface area contributed by atoms with E-state index in [4.69, 9.17) is 0 Å². The third kappa shape index (κ3) is 1.71. The van der Waals surface area contributed by atoms with Gasteiger partial charge in [-0.3, -0.25) is 4.98 Å². The van der Waals surface area contributed by atoms with Gasteiger partial charge in [0.05, 0.1) is 5.65 Å². The predicted molar refractivity (Wildman–Crippen MR) is 78.5 cm³/mol. The van der Waals surface area contributed by atoms with Gasteiger partial charge in [0.15, 0.2) is 0 Å². The summed E-state index contributed by atoms with van der Waals surface area (Å²) in [7, 11) is 0. The number of nitrogens with zero attached hydrogens (tertiary/aromatic N) is 2. The first-order valence-corrected chi connectivity index (χ1v) is 6.42. The fraction of sp³-hybridized carbons (Fsp3) is 0.118. The smallest absolute Gasteiger partial charge is 0.0608 e. The second-order valence-electron chi connectivity index (χ2n) is 5.03. The Bertz CT molecular complexity index is 938. The number of aromatic nitrogens is 2. The zero-order valence-electron chi connectivity index (χ0n) is 11.3. The van der Waals surface area contributed by atoms with E-state index in [1.165, 1.54) is 27.4 Å². The first-order valence-electron chi connectivity index (χ1n) is 6.42. The Hall–Kier alpha value is -1.70. The number of hydrogen-bond donors (Lipinski definition) is 0. The van der Waals surface area contributed by atoms with Crippen molar-refractivity contribution in [3.8, 4) is 0 Å². The summed E-state index contributed by atoms with van der Waals surface area (Å²) in [5.74, 6) is 0. The number of benzene rings is 2. The predicted octanol–water partition coefficient (Wildman–Crippen LogP) is 4.06. The minimum absolute atomic E-state index is 0. The number of pyridine rings is 1. The zero-order valence-corrected chi connectivity index (χ0v) is 13.7. The van der Waals surface area contributed by atoms with Crippen LogP contribution >= 0.6 is 0 Å². The second-order valence-corrected chi connectivity index (χ2v) is 5.03. The van der Waals surface area contributed by atoms with Gasteiger partial charge in [0, 0.05) is 38.0 Å². The molecule has 0 saturated carbocycles. The van der Waals surface area contributed by atoms with Gasteiger partial charge < -0.3 is 4.40 Å². The van der Waals surface area contributed by atoms with Crippen LogP contribution < -0.4 is 0 Å². The summed E-state index contributed by atoms with van der Waals surface area (Å²) in [6.45, 7) is 4.31. The van der Waals surface area contributed by atoms with Crippen molar-refractivity contribution >= 4 is 27.3 Å². The molecule has 0 spiro atoms. The van der Waals surface area contributed by atoms with Crippen LogP contribution in [0.15, 0.2) is 42.7 Å². The molecule has 101 valence electrons. The van der Waals surface area contributed by atoms with Gasteiger partial charge in [-0.1, -0.05) is 11.5 Å². The first kappa shape index (κ1) is 13.3. The third-order valence-electron chi connectivity index (χ3n) is 3.88. The topological polar surface area (TPSA) is 17.3 Å². The van der Waals surface area contributed by atoms with E-state index in [0.717, 1.165) is 11.0 Å². The molecule has 1 radical (unpaired) electrons. The molecule has 2 nitrogen and oxygen atoms in total. The van der Waals surface area contributed by atoms with Gasteiger partial charge in [-0.15, -0.1) is 29.7 Å². The first-order chi connectivity index (χ1) is 9.25. The molecular formula is C17H13IrN2-. The number of imidazole rings is 1. The summed E-state index contributed by atoms with van der Waals surface area (Å²) < 4.78 is 2.15. The molecule has 4 aromatic rings. The number of hydrogen-bond acceptors (Lipinski definition) is 1. The molecule has 0 aliphatic carbocycles. The Morgan fingerprint density at radius 3 is 2.75 bits per heavy atom. The largest absolute Gasteiger partial charge is 0.340 e. The Kier molecular flexibility index (Phi) is 3.12. The molecule has 0 N–H and O–H groups in total. The number of fused-ring (bicyclic) bond motifs is 6. The molecule has 20 heavy (non-hydrogen) atoms. The molecule has 0 saturated heterocycles. The average Bonchev–Trinajstić information content (AvgIpc) is 2.91. The molecule has 2 heterocycles. The van der Waals surface area contributed by atoms with E-state index in [1.54, 1.807) is 0 Å². The van der Waals surface area contributed by atoms with Gasteiger partial charge >= 0.3 is 0 Å². The van der Waals surface area contributed by atoms with Crippen molar-refractivity contribution in [1.82, 2.24) is 9.38 Å². The molecule has 0 fully saturated rings. The van der Waals surface area contributed by atoms with Crippen LogP contribution in [0.25, 0.3) is 27.3 Å².